The zero-order valence-electron chi connectivity index (χ0n) is 3.52. The molecule has 3 heteroatoms. The van der Waals surface area contributed by atoms with Crippen LogP contribution in [0.2, 0.25) is 0 Å². The maximum atomic E-state index is 4.80. The zero-order valence-corrected chi connectivity index (χ0v) is 5.16. The molecule has 0 N–H and O–H groups in total. The Balaban J connectivity index is 4.06. The van der Waals surface area contributed by atoms with Crippen LogP contribution in [0.1, 0.15) is 0 Å². The van der Waals surface area contributed by atoms with E-state index >= 15 is 0 Å². The van der Waals surface area contributed by atoms with E-state index in [1.54, 1.807) is 0 Å². The summed E-state index contributed by atoms with van der Waals surface area (Å²) in [6, 6.07) is 0. The maximum absolute atomic E-state index is 4.80. The molecule has 0 fully saturated rings. The van der Waals surface area contributed by atoms with Crippen molar-refractivity contribution in [1.82, 2.24) is 0 Å². The van der Waals surface area contributed by atoms with E-state index in [1.165, 1.54) is 0 Å². The van der Waals surface area contributed by atoms with Crippen molar-refractivity contribution in [2.75, 3.05) is 12.5 Å². The molecule has 0 aliphatic heterocycles. The fourth-order valence-electron chi connectivity index (χ4n) is 0. The van der Waals surface area contributed by atoms with Crippen molar-refractivity contribution in [2.24, 2.45) is 0 Å². The van der Waals surface area contributed by atoms with Gasteiger partial charge in [0.05, 0.1) is 0 Å². The zero-order chi connectivity index (χ0) is 4.50. The Bertz CT molecular complexity index is 90.8. The van der Waals surface area contributed by atoms with E-state index in [0.29, 0.717) is 0 Å². The molecule has 0 heterocycles. The van der Waals surface area contributed by atoms with Crippen LogP contribution in [-0.2, 0) is 19.2 Å². The van der Waals surface area contributed by atoms with Gasteiger partial charge in [0.2, 0.25) is 0 Å². The second-order valence-corrected chi connectivity index (χ2v) is 7.02. The van der Waals surface area contributed by atoms with E-state index in [4.69, 9.17) is 11.2 Å². The predicted octanol–water partition coefficient (Wildman–Crippen LogP) is -0.322. The molecule has 5 heavy (non-hydrogen) atoms. The summed E-state index contributed by atoms with van der Waals surface area (Å²) in [5, 5.41) is 0. The van der Waals surface area contributed by atoms with Crippen LogP contribution in [-0.4, -0.2) is 19.2 Å². The Morgan fingerprint density at radius 3 is 1.60 bits per heavy atom. The van der Waals surface area contributed by atoms with E-state index in [-0.39, 0.29) is 0 Å². The van der Waals surface area contributed by atoms with Crippen LogP contribution in [0.3, 0.4) is 0 Å². The van der Waals surface area contributed by atoms with Gasteiger partial charge in [-0.2, -0.15) is 0 Å². The van der Waals surface area contributed by atoms with Gasteiger partial charge < -0.3 is 0 Å². The summed E-state index contributed by atoms with van der Waals surface area (Å²) in [5.74, 6) is 0. The van der Waals surface area contributed by atoms with E-state index in [0.717, 1.165) is 0 Å². The number of rotatable bonds is 0. The number of hydrogen-bond acceptors (Lipinski definition) is 1. The summed E-state index contributed by atoms with van der Waals surface area (Å²) < 4.78 is 0. The summed E-state index contributed by atoms with van der Waals surface area (Å²) in [6.07, 6.45) is 3.95. The van der Waals surface area contributed by atoms with Gasteiger partial charge in [-0.05, 0) is 0 Å². The Hall–Kier alpha value is 0.635. The van der Waals surface area contributed by atoms with E-state index < -0.39 is 8.01 Å². The fraction of sp³-hybridized carbons (Fsp3) is 1.00. The average Bonchev–Trinajstić information content (AvgIpc) is 0.722. The first-order valence-corrected chi connectivity index (χ1v) is 4.82. The molecule has 0 aromatic carbocycles. The van der Waals surface area contributed by atoms with E-state index in [1.807, 2.05) is 12.5 Å². The van der Waals surface area contributed by atoms with Gasteiger partial charge in [-0.3, -0.25) is 0 Å². The molecule has 0 amide bonds. The van der Waals surface area contributed by atoms with Gasteiger partial charge in [0.15, 0.2) is 0 Å². The second-order valence-electron chi connectivity index (χ2n) is 1.44. The van der Waals surface area contributed by atoms with E-state index in [9.17, 15) is 0 Å². The monoisotopic (exact) mass is 106 g/mol. The Morgan fingerprint density at radius 2 is 1.60 bits per heavy atom. The fourth-order valence-corrected chi connectivity index (χ4v) is 0. The molecule has 0 aromatic heterocycles. The topological polar surface area (TPSA) is 0 Å². The van der Waals surface area contributed by atoms with Gasteiger partial charge in [-0.25, -0.2) is 0 Å². The first kappa shape index (κ1) is 5.63. The third kappa shape index (κ3) is 79.8. The molecule has 0 saturated heterocycles. The van der Waals surface area contributed by atoms with Crippen LogP contribution in [0.15, 0.2) is 0 Å². The van der Waals surface area contributed by atoms with Crippen molar-refractivity contribution in [2.45, 2.75) is 0 Å². The molecular formula is C2H7BS2. The van der Waals surface area contributed by atoms with Gasteiger partial charge in [0.1, 0.15) is 0 Å². The van der Waals surface area contributed by atoms with Gasteiger partial charge in [-0.1, -0.05) is 0 Å². The molecular weight excluding hydrogens is 99.0 g/mol. The van der Waals surface area contributed by atoms with E-state index in [2.05, 4.69) is 6.72 Å². The second kappa shape index (κ2) is 1.39. The van der Waals surface area contributed by atoms with Crippen LogP contribution < -0.4 is 0 Å². The SMILES string of the molecule is B=S(C)(C)=S. The molecule has 0 aromatic rings. The first-order chi connectivity index (χ1) is 2.00. The molecule has 30 valence electrons. The minimum absolute atomic E-state index is 0.833. The molecule has 0 atom stereocenters. The van der Waals surface area contributed by atoms with Crippen LogP contribution in [0.4, 0.5) is 0 Å². The number of hydrogen-bond donors (Lipinski definition) is 0. The van der Waals surface area contributed by atoms with Crippen LogP contribution in [0.5, 0.6) is 0 Å². The third-order valence-electron chi connectivity index (χ3n) is 0. The Kier molecular flexibility index (Phi) is 1.57. The molecule has 0 bridgehead atoms. The van der Waals surface area contributed by atoms with Gasteiger partial charge in [0, 0.05) is 0 Å². The molecule has 0 nitrogen and oxygen atoms in total. The van der Waals surface area contributed by atoms with Gasteiger partial charge in [-0.15, -0.1) is 0 Å². The van der Waals surface area contributed by atoms with Crippen molar-refractivity contribution in [1.29, 1.82) is 0 Å². The molecule has 0 aliphatic rings. The third-order valence-corrected chi connectivity index (χ3v) is 0. The average molecular weight is 106 g/mol. The summed E-state index contributed by atoms with van der Waals surface area (Å²) in [5.41, 5.74) is 0. The van der Waals surface area contributed by atoms with Crippen molar-refractivity contribution in [3.05, 3.63) is 0 Å². The molecule has 0 saturated carbocycles. The van der Waals surface area contributed by atoms with Crippen LogP contribution >= 0.6 is 0 Å². The normalized spacial score (nSPS) is 11.4. The van der Waals surface area contributed by atoms with Crippen LogP contribution in [0, 0.1) is 0 Å². The quantitative estimate of drug-likeness (QED) is 0.381. The van der Waals surface area contributed by atoms with Crippen molar-refractivity contribution in [3.63, 3.8) is 0 Å². The predicted molar refractivity (Wildman–Crippen MR) is 33.7 cm³/mol. The molecule has 0 radical (unpaired) electrons. The standard InChI is InChI=1S/C2H7BS2/c1-5(2,3)4/h3H,1-2H3. The van der Waals surface area contributed by atoms with Gasteiger partial charge >= 0.3 is 38.4 Å². The molecule has 0 aliphatic carbocycles. The summed E-state index contributed by atoms with van der Waals surface area (Å²) in [7, 11) is -0.833. The van der Waals surface area contributed by atoms with Crippen molar-refractivity contribution >= 4 is 25.9 Å². The molecule has 0 unspecified atom stereocenters. The van der Waals surface area contributed by atoms with Crippen LogP contribution in [0.25, 0.3) is 0 Å². The Labute approximate surface area is 39.0 Å². The summed E-state index contributed by atoms with van der Waals surface area (Å²) in [4.78, 5) is 0. The summed E-state index contributed by atoms with van der Waals surface area (Å²) in [6.45, 7) is 3.67. The molecule has 0 rings (SSSR count). The van der Waals surface area contributed by atoms with Crippen molar-refractivity contribution < 1.29 is 0 Å². The summed E-state index contributed by atoms with van der Waals surface area (Å²) >= 11 is 4.80. The van der Waals surface area contributed by atoms with Crippen molar-refractivity contribution in [3.8, 4) is 0 Å². The Morgan fingerprint density at radius 1 is 1.60 bits per heavy atom. The minimum atomic E-state index is -0.833. The first-order valence-electron chi connectivity index (χ1n) is 1.27. The molecule has 0 spiro atoms. The van der Waals surface area contributed by atoms with Gasteiger partial charge in [0.25, 0.3) is 0 Å².